The topological polar surface area (TPSA) is 9.23 Å². The maximum absolute atomic E-state index is 6.25. The van der Waals surface area contributed by atoms with E-state index in [4.69, 9.17) is 16.3 Å². The van der Waals surface area contributed by atoms with E-state index in [1.54, 1.807) is 0 Å². The number of aryl methyl sites for hydroxylation is 2. The summed E-state index contributed by atoms with van der Waals surface area (Å²) in [4.78, 5) is 0.213. The molecule has 0 aromatic heterocycles. The molecule has 0 saturated heterocycles. The van der Waals surface area contributed by atoms with Gasteiger partial charge in [0.1, 0.15) is 5.75 Å². The largest absolute Gasteiger partial charge is 0.493 e. The Hall–Kier alpha value is -0.990. The summed E-state index contributed by atoms with van der Waals surface area (Å²) in [6, 6.07) is 10.7. The molecular formula is C18H18BrClO. The molecule has 0 radical (unpaired) electrons. The van der Waals surface area contributed by atoms with Crippen molar-refractivity contribution in [3.05, 3.63) is 63.2 Å². The first-order chi connectivity index (χ1) is 10.0. The van der Waals surface area contributed by atoms with Crippen molar-refractivity contribution < 1.29 is 4.74 Å². The number of hydrogen-bond donors (Lipinski definition) is 0. The highest BCUT2D eigenvalue weighted by Crippen LogP contribution is 2.40. The van der Waals surface area contributed by atoms with Gasteiger partial charge >= 0.3 is 0 Å². The van der Waals surface area contributed by atoms with Gasteiger partial charge in [0, 0.05) is 21.8 Å². The van der Waals surface area contributed by atoms with Crippen LogP contribution in [0.1, 0.15) is 32.6 Å². The first kappa shape index (κ1) is 14.9. The highest BCUT2D eigenvalue weighted by atomic mass is 79.9. The lowest BCUT2D eigenvalue weighted by Crippen LogP contribution is -1.99. The summed E-state index contributed by atoms with van der Waals surface area (Å²) in [6.07, 6.45) is 1.88. The predicted octanol–water partition coefficient (Wildman–Crippen LogP) is 5.57. The zero-order valence-corrected chi connectivity index (χ0v) is 14.6. The molecule has 110 valence electrons. The molecule has 2 aromatic carbocycles. The fourth-order valence-electron chi connectivity index (χ4n) is 2.78. The molecule has 0 amide bonds. The van der Waals surface area contributed by atoms with Crippen molar-refractivity contribution in [2.45, 2.75) is 31.5 Å². The molecule has 1 aliphatic rings. The highest BCUT2D eigenvalue weighted by Gasteiger charge is 2.22. The summed E-state index contributed by atoms with van der Waals surface area (Å²) >= 11 is 10.1. The molecule has 0 N–H and O–H groups in total. The Balaban J connectivity index is 1.89. The van der Waals surface area contributed by atoms with Crippen LogP contribution in [0.3, 0.4) is 0 Å². The second-order valence-corrected chi connectivity index (χ2v) is 7.21. The fourth-order valence-corrected chi connectivity index (χ4v) is 3.74. The number of rotatable bonds is 3. The predicted molar refractivity (Wildman–Crippen MR) is 91.9 cm³/mol. The maximum Gasteiger partial charge on any atom is 0.127 e. The van der Waals surface area contributed by atoms with Crippen molar-refractivity contribution in [1.82, 2.24) is 0 Å². The molecule has 2 aromatic rings. The van der Waals surface area contributed by atoms with E-state index >= 15 is 0 Å². The third-order valence-corrected chi connectivity index (χ3v) is 5.14. The van der Waals surface area contributed by atoms with Crippen LogP contribution >= 0.6 is 27.5 Å². The van der Waals surface area contributed by atoms with Crippen LogP contribution < -0.4 is 4.74 Å². The summed E-state index contributed by atoms with van der Waals surface area (Å²) < 4.78 is 5.80. The Kier molecular flexibility index (Phi) is 4.28. The van der Waals surface area contributed by atoms with Gasteiger partial charge in [0.25, 0.3) is 0 Å². The van der Waals surface area contributed by atoms with Gasteiger partial charge in [-0.2, -0.15) is 0 Å². The molecule has 1 atom stereocenters. The van der Waals surface area contributed by atoms with Crippen molar-refractivity contribution in [3.63, 3.8) is 0 Å². The van der Waals surface area contributed by atoms with Crippen molar-refractivity contribution in [2.24, 2.45) is 0 Å². The quantitative estimate of drug-likeness (QED) is 0.646. The molecule has 0 saturated carbocycles. The van der Waals surface area contributed by atoms with Crippen molar-refractivity contribution in [3.8, 4) is 5.75 Å². The van der Waals surface area contributed by atoms with Gasteiger partial charge in [-0.25, -0.2) is 0 Å². The lowest BCUT2D eigenvalue weighted by molar-refractivity contribution is 0.353. The third kappa shape index (κ3) is 3.12. The number of halogens is 2. The lowest BCUT2D eigenvalue weighted by Gasteiger charge is -2.15. The summed E-state index contributed by atoms with van der Waals surface area (Å²) in [6.45, 7) is 5.05. The number of alkyl halides is 1. The van der Waals surface area contributed by atoms with Crippen molar-refractivity contribution in [2.75, 3.05) is 6.61 Å². The zero-order chi connectivity index (χ0) is 15.0. The second-order valence-electron chi connectivity index (χ2n) is 5.67. The molecular weight excluding hydrogens is 348 g/mol. The molecule has 1 unspecified atom stereocenters. The average Bonchev–Trinajstić information content (AvgIpc) is 2.90. The Bertz CT molecular complexity index is 681. The van der Waals surface area contributed by atoms with Gasteiger partial charge in [-0.15, -0.1) is 0 Å². The van der Waals surface area contributed by atoms with E-state index in [2.05, 4.69) is 48.0 Å². The van der Waals surface area contributed by atoms with E-state index in [-0.39, 0.29) is 4.83 Å². The summed E-state index contributed by atoms with van der Waals surface area (Å²) in [5.41, 5.74) is 6.37. The minimum Gasteiger partial charge on any atom is -0.493 e. The molecule has 0 fully saturated rings. The van der Waals surface area contributed by atoms with Gasteiger partial charge in [0.05, 0.1) is 6.61 Å². The number of benzene rings is 2. The maximum atomic E-state index is 6.25. The fraction of sp³-hybridized carbons (Fsp3) is 0.333. The van der Waals surface area contributed by atoms with E-state index in [0.29, 0.717) is 0 Å². The van der Waals surface area contributed by atoms with Crippen LogP contribution in [-0.2, 0) is 12.8 Å². The summed E-state index contributed by atoms with van der Waals surface area (Å²) in [5.74, 6) is 1.02. The minimum atomic E-state index is 0.213. The number of ether oxygens (including phenoxy) is 1. The Labute approximate surface area is 139 Å². The Morgan fingerprint density at radius 3 is 2.76 bits per heavy atom. The first-order valence-electron chi connectivity index (χ1n) is 7.20. The Morgan fingerprint density at radius 2 is 2.00 bits per heavy atom. The first-order valence-corrected chi connectivity index (χ1v) is 8.49. The van der Waals surface area contributed by atoms with Gasteiger partial charge in [-0.1, -0.05) is 45.7 Å². The summed E-state index contributed by atoms with van der Waals surface area (Å²) in [5, 5.41) is 0.791. The normalized spacial score (nSPS) is 14.7. The summed E-state index contributed by atoms with van der Waals surface area (Å²) in [7, 11) is 0. The SMILES string of the molecule is Cc1ccc(CC(Br)c2cc(Cl)cc3c2OCC3)cc1C. The second kappa shape index (κ2) is 6.02. The van der Waals surface area contributed by atoms with Crippen LogP contribution in [-0.4, -0.2) is 6.61 Å². The van der Waals surface area contributed by atoms with E-state index in [1.165, 1.54) is 22.3 Å². The van der Waals surface area contributed by atoms with Crippen LogP contribution in [0.5, 0.6) is 5.75 Å². The van der Waals surface area contributed by atoms with E-state index in [1.807, 2.05) is 12.1 Å². The molecule has 3 rings (SSSR count). The zero-order valence-electron chi connectivity index (χ0n) is 12.2. The number of fused-ring (bicyclic) bond motifs is 1. The van der Waals surface area contributed by atoms with Gasteiger partial charge in [0.15, 0.2) is 0 Å². The van der Waals surface area contributed by atoms with Gasteiger partial charge in [0.2, 0.25) is 0 Å². The van der Waals surface area contributed by atoms with Crippen LogP contribution in [0.15, 0.2) is 30.3 Å². The standard InChI is InChI=1S/C18H18BrClO/c1-11-3-4-13(7-12(11)2)8-17(19)16-10-15(20)9-14-5-6-21-18(14)16/h3-4,7,9-10,17H,5-6,8H2,1-2H3. The van der Waals surface area contributed by atoms with Crippen LogP contribution in [0.4, 0.5) is 0 Å². The molecule has 1 nitrogen and oxygen atoms in total. The molecule has 0 aliphatic carbocycles. The molecule has 3 heteroatoms. The lowest BCUT2D eigenvalue weighted by atomic mass is 9.98. The van der Waals surface area contributed by atoms with E-state index in [0.717, 1.165) is 35.8 Å². The van der Waals surface area contributed by atoms with E-state index < -0.39 is 0 Å². The van der Waals surface area contributed by atoms with E-state index in [9.17, 15) is 0 Å². The smallest absolute Gasteiger partial charge is 0.127 e. The molecule has 1 heterocycles. The van der Waals surface area contributed by atoms with Crippen LogP contribution in [0.2, 0.25) is 5.02 Å². The monoisotopic (exact) mass is 364 g/mol. The Morgan fingerprint density at radius 1 is 1.19 bits per heavy atom. The highest BCUT2D eigenvalue weighted by molar-refractivity contribution is 9.09. The third-order valence-electron chi connectivity index (χ3n) is 4.10. The number of hydrogen-bond acceptors (Lipinski definition) is 1. The average molecular weight is 366 g/mol. The van der Waals surface area contributed by atoms with Crippen molar-refractivity contribution >= 4 is 27.5 Å². The van der Waals surface area contributed by atoms with Gasteiger partial charge in [-0.3, -0.25) is 0 Å². The van der Waals surface area contributed by atoms with Crippen LogP contribution in [0, 0.1) is 13.8 Å². The van der Waals surface area contributed by atoms with Gasteiger partial charge in [-0.05, 0) is 54.7 Å². The van der Waals surface area contributed by atoms with Gasteiger partial charge < -0.3 is 4.74 Å². The van der Waals surface area contributed by atoms with Crippen molar-refractivity contribution in [1.29, 1.82) is 0 Å². The molecule has 1 aliphatic heterocycles. The van der Waals surface area contributed by atoms with Crippen LogP contribution in [0.25, 0.3) is 0 Å². The molecule has 0 spiro atoms. The minimum absolute atomic E-state index is 0.213. The molecule has 0 bridgehead atoms. The molecule has 21 heavy (non-hydrogen) atoms.